The van der Waals surface area contributed by atoms with Crippen molar-refractivity contribution < 1.29 is 14.3 Å². The van der Waals surface area contributed by atoms with Crippen molar-refractivity contribution in [2.75, 3.05) is 0 Å². The summed E-state index contributed by atoms with van der Waals surface area (Å²) in [5, 5.41) is 0.771. The molecule has 1 saturated heterocycles. The quantitative estimate of drug-likeness (QED) is 0.287. The summed E-state index contributed by atoms with van der Waals surface area (Å²) < 4.78 is 6.82. The summed E-state index contributed by atoms with van der Waals surface area (Å²) in [6, 6.07) is 18.4. The van der Waals surface area contributed by atoms with Crippen LogP contribution in [0.4, 0.5) is 4.79 Å². The van der Waals surface area contributed by atoms with Crippen molar-refractivity contribution >= 4 is 68.1 Å². The summed E-state index contributed by atoms with van der Waals surface area (Å²) in [5.41, 5.74) is 3.43. The van der Waals surface area contributed by atoms with Gasteiger partial charge in [-0.25, -0.2) is 0 Å². The van der Waals surface area contributed by atoms with Crippen LogP contribution >= 0.6 is 50.9 Å². The Morgan fingerprint density at radius 2 is 1.82 bits per heavy atom. The topological polar surface area (TPSA) is 46.6 Å². The average molecular weight is 563 g/mol. The molecule has 4 rings (SSSR count). The predicted octanol–water partition coefficient (Wildman–Crippen LogP) is 7.88. The maximum Gasteiger partial charge on any atom is 0.293 e. The first-order valence-electron chi connectivity index (χ1n) is 9.98. The van der Waals surface area contributed by atoms with E-state index in [2.05, 4.69) is 15.9 Å². The van der Waals surface area contributed by atoms with Gasteiger partial charge in [-0.2, -0.15) is 0 Å². The van der Waals surface area contributed by atoms with Gasteiger partial charge in [0.05, 0.1) is 11.4 Å². The molecule has 0 radical (unpaired) electrons. The van der Waals surface area contributed by atoms with Crippen LogP contribution in [0.1, 0.15) is 22.3 Å². The van der Waals surface area contributed by atoms with Gasteiger partial charge >= 0.3 is 0 Å². The van der Waals surface area contributed by atoms with Crippen molar-refractivity contribution in [2.24, 2.45) is 0 Å². The van der Waals surface area contributed by atoms with Crippen molar-refractivity contribution in [1.29, 1.82) is 0 Å². The molecule has 0 saturated carbocycles. The molecule has 0 aromatic heterocycles. The number of amides is 2. The van der Waals surface area contributed by atoms with Crippen LogP contribution < -0.4 is 4.74 Å². The number of nitrogens with zero attached hydrogens (tertiary/aromatic N) is 1. The fraction of sp³-hybridized carbons (Fsp3) is 0.120. The Labute approximate surface area is 214 Å². The molecule has 0 spiro atoms. The molecule has 0 unspecified atom stereocenters. The Hall–Kier alpha value is -2.25. The molecule has 8 heteroatoms. The Bertz CT molecular complexity index is 1280. The van der Waals surface area contributed by atoms with Gasteiger partial charge in [0.2, 0.25) is 0 Å². The molecular weight excluding hydrogens is 545 g/mol. The van der Waals surface area contributed by atoms with Crippen LogP contribution in [-0.4, -0.2) is 16.0 Å². The van der Waals surface area contributed by atoms with Crippen LogP contribution in [0, 0.1) is 6.92 Å². The lowest BCUT2D eigenvalue weighted by Gasteiger charge is -2.14. The predicted molar refractivity (Wildman–Crippen MR) is 138 cm³/mol. The Kier molecular flexibility index (Phi) is 7.49. The van der Waals surface area contributed by atoms with Crippen LogP contribution in [-0.2, 0) is 17.9 Å². The molecule has 33 heavy (non-hydrogen) atoms. The van der Waals surface area contributed by atoms with E-state index in [4.69, 9.17) is 27.9 Å². The molecule has 3 aromatic carbocycles. The molecule has 0 aliphatic carbocycles. The van der Waals surface area contributed by atoms with Gasteiger partial charge in [-0.3, -0.25) is 14.5 Å². The number of rotatable bonds is 6. The van der Waals surface area contributed by atoms with E-state index < -0.39 is 0 Å². The largest absolute Gasteiger partial charge is 0.488 e. The number of carbonyl (C=O) groups excluding carboxylic acids is 2. The molecule has 0 bridgehead atoms. The highest BCUT2D eigenvalue weighted by atomic mass is 79.9. The highest BCUT2D eigenvalue weighted by Crippen LogP contribution is 2.36. The molecular formula is C25H18BrCl2NO3S. The van der Waals surface area contributed by atoms with Gasteiger partial charge in [-0.1, -0.05) is 69.5 Å². The maximum atomic E-state index is 13.0. The first-order valence-corrected chi connectivity index (χ1v) is 12.3. The number of carbonyl (C=O) groups is 2. The lowest BCUT2D eigenvalue weighted by Crippen LogP contribution is -2.27. The molecule has 168 valence electrons. The van der Waals surface area contributed by atoms with Crippen LogP contribution in [0.5, 0.6) is 5.75 Å². The molecule has 3 aromatic rings. The van der Waals surface area contributed by atoms with E-state index in [9.17, 15) is 9.59 Å². The minimum atomic E-state index is -0.320. The SMILES string of the molecule is Cc1ccccc1CN1C(=O)S/C(=C\c2cc(Br)ccc2OCc2ccc(Cl)cc2Cl)C1=O. The zero-order valence-electron chi connectivity index (χ0n) is 17.5. The third-order valence-corrected chi connectivity index (χ3v) is 7.11. The van der Waals surface area contributed by atoms with E-state index in [0.29, 0.717) is 26.3 Å². The summed E-state index contributed by atoms with van der Waals surface area (Å²) >= 11 is 16.6. The van der Waals surface area contributed by atoms with Gasteiger partial charge in [0, 0.05) is 25.6 Å². The van der Waals surface area contributed by atoms with Gasteiger partial charge in [-0.15, -0.1) is 0 Å². The van der Waals surface area contributed by atoms with Gasteiger partial charge < -0.3 is 4.74 Å². The Balaban J connectivity index is 1.57. The Morgan fingerprint density at radius 3 is 2.58 bits per heavy atom. The zero-order valence-corrected chi connectivity index (χ0v) is 21.4. The fourth-order valence-corrected chi connectivity index (χ4v) is 4.96. The number of hydrogen-bond donors (Lipinski definition) is 0. The molecule has 2 amide bonds. The van der Waals surface area contributed by atoms with Gasteiger partial charge in [0.15, 0.2) is 0 Å². The third kappa shape index (κ3) is 5.64. The molecule has 1 fully saturated rings. The molecule has 4 nitrogen and oxygen atoms in total. The van der Waals surface area contributed by atoms with Crippen LogP contribution in [0.15, 0.2) is 70.0 Å². The van der Waals surface area contributed by atoms with E-state index in [1.807, 2.05) is 43.3 Å². The minimum absolute atomic E-state index is 0.229. The first kappa shape index (κ1) is 23.9. The van der Waals surface area contributed by atoms with E-state index in [1.54, 1.807) is 30.3 Å². The summed E-state index contributed by atoms with van der Waals surface area (Å²) in [7, 11) is 0. The molecule has 1 aliphatic rings. The lowest BCUT2D eigenvalue weighted by atomic mass is 10.1. The highest BCUT2D eigenvalue weighted by molar-refractivity contribution is 9.10. The van der Waals surface area contributed by atoms with E-state index in [0.717, 1.165) is 32.9 Å². The summed E-state index contributed by atoms with van der Waals surface area (Å²) in [4.78, 5) is 27.2. The number of halogens is 3. The summed E-state index contributed by atoms with van der Waals surface area (Å²) in [5.74, 6) is 0.245. The van der Waals surface area contributed by atoms with Crippen molar-refractivity contribution in [3.63, 3.8) is 0 Å². The van der Waals surface area contributed by atoms with Crippen LogP contribution in [0.25, 0.3) is 6.08 Å². The number of hydrogen-bond acceptors (Lipinski definition) is 4. The van der Waals surface area contributed by atoms with Crippen LogP contribution in [0.2, 0.25) is 10.0 Å². The molecule has 1 heterocycles. The lowest BCUT2D eigenvalue weighted by molar-refractivity contribution is -0.123. The number of aryl methyl sites for hydroxylation is 1. The summed E-state index contributed by atoms with van der Waals surface area (Å²) in [6.45, 7) is 2.43. The number of thioether (sulfide) groups is 1. The molecule has 1 aliphatic heterocycles. The van der Waals surface area contributed by atoms with E-state index >= 15 is 0 Å². The smallest absolute Gasteiger partial charge is 0.293 e. The van der Waals surface area contributed by atoms with Gasteiger partial charge in [0.25, 0.3) is 11.1 Å². The monoisotopic (exact) mass is 561 g/mol. The Morgan fingerprint density at radius 1 is 1.03 bits per heavy atom. The highest BCUT2D eigenvalue weighted by Gasteiger charge is 2.35. The van der Waals surface area contributed by atoms with Crippen molar-refractivity contribution in [2.45, 2.75) is 20.1 Å². The molecule has 0 N–H and O–H groups in total. The first-order chi connectivity index (χ1) is 15.8. The van der Waals surface area contributed by atoms with Gasteiger partial charge in [0.1, 0.15) is 12.4 Å². The van der Waals surface area contributed by atoms with Crippen LogP contribution in [0.3, 0.4) is 0 Å². The minimum Gasteiger partial charge on any atom is -0.488 e. The number of benzene rings is 3. The van der Waals surface area contributed by atoms with E-state index in [-0.39, 0.29) is 24.3 Å². The number of imide groups is 1. The third-order valence-electron chi connectivity index (χ3n) is 5.12. The fourth-order valence-electron chi connectivity index (χ4n) is 3.29. The zero-order chi connectivity index (χ0) is 23.5. The maximum absolute atomic E-state index is 13.0. The second kappa shape index (κ2) is 10.3. The second-order valence-corrected chi connectivity index (χ2v) is 10.2. The standard InChI is InChI=1S/C25H18BrCl2NO3S/c1-15-4-2-3-5-16(15)13-29-24(30)23(33-25(29)31)11-18-10-19(26)7-9-22(18)32-14-17-6-8-20(27)12-21(17)28/h2-12H,13-14H2,1H3/b23-11-. The van der Waals surface area contributed by atoms with Crippen molar-refractivity contribution in [1.82, 2.24) is 4.90 Å². The summed E-state index contributed by atoms with van der Waals surface area (Å²) in [6.07, 6.45) is 1.69. The average Bonchev–Trinajstić information content (AvgIpc) is 3.03. The number of ether oxygens (including phenoxy) is 1. The molecule has 0 atom stereocenters. The van der Waals surface area contributed by atoms with Crippen molar-refractivity contribution in [3.05, 3.63) is 102 Å². The van der Waals surface area contributed by atoms with Crippen molar-refractivity contribution in [3.8, 4) is 5.75 Å². The van der Waals surface area contributed by atoms with Gasteiger partial charge in [-0.05, 0) is 66.2 Å². The van der Waals surface area contributed by atoms with E-state index in [1.165, 1.54) is 4.90 Å². The normalized spacial score (nSPS) is 14.9. The second-order valence-electron chi connectivity index (χ2n) is 7.40.